The van der Waals surface area contributed by atoms with Crippen LogP contribution in [0.25, 0.3) is 15.2 Å². The first-order chi connectivity index (χ1) is 10.4. The Kier molecular flexibility index (Phi) is 3.33. The summed E-state index contributed by atoms with van der Waals surface area (Å²) < 4.78 is 3.39. The van der Waals surface area contributed by atoms with Crippen LogP contribution in [0.5, 0.6) is 0 Å². The maximum Gasteiger partial charge on any atom is 0.217 e. The molecule has 0 aliphatic heterocycles. The molecule has 104 valence electrons. The molecule has 0 atom stereocenters. The number of rotatable bonds is 4. The lowest BCUT2D eigenvalue weighted by atomic mass is 10.3. The molecule has 0 spiro atoms. The van der Waals surface area contributed by atoms with E-state index in [0.29, 0.717) is 0 Å². The number of nitrogens with zero attached hydrogens (tertiary/aromatic N) is 4. The highest BCUT2D eigenvalue weighted by molar-refractivity contribution is 7.99. The van der Waals surface area contributed by atoms with Crippen molar-refractivity contribution < 1.29 is 0 Å². The Labute approximate surface area is 129 Å². The molecule has 0 fully saturated rings. The van der Waals surface area contributed by atoms with Crippen LogP contribution in [-0.4, -0.2) is 25.3 Å². The van der Waals surface area contributed by atoms with Crippen molar-refractivity contribution in [3.63, 3.8) is 0 Å². The Balaban J connectivity index is 1.59. The lowest BCUT2D eigenvalue weighted by Gasteiger charge is -2.00. The number of hydrogen-bond acceptors (Lipinski definition) is 5. The molecule has 4 rings (SSSR count). The maximum absolute atomic E-state index is 4.35. The van der Waals surface area contributed by atoms with Crippen LogP contribution >= 0.6 is 23.1 Å². The van der Waals surface area contributed by atoms with E-state index in [9.17, 15) is 0 Å². The molecule has 0 aliphatic rings. The van der Waals surface area contributed by atoms with Gasteiger partial charge in [0.05, 0.1) is 10.2 Å². The van der Waals surface area contributed by atoms with E-state index in [-0.39, 0.29) is 0 Å². The summed E-state index contributed by atoms with van der Waals surface area (Å²) in [6.07, 6.45) is 2.77. The van der Waals surface area contributed by atoms with Gasteiger partial charge in [-0.25, -0.2) is 0 Å². The van der Waals surface area contributed by atoms with E-state index in [4.69, 9.17) is 0 Å². The Morgan fingerprint density at radius 2 is 1.95 bits per heavy atom. The fourth-order valence-corrected chi connectivity index (χ4v) is 4.17. The normalized spacial score (nSPS) is 11.4. The van der Waals surface area contributed by atoms with Crippen LogP contribution in [0.1, 0.15) is 5.69 Å². The minimum Gasteiger partial charge on any atom is -0.261 e. The highest BCUT2D eigenvalue weighted by Crippen LogP contribution is 2.29. The van der Waals surface area contributed by atoms with E-state index in [1.165, 1.54) is 10.2 Å². The summed E-state index contributed by atoms with van der Waals surface area (Å²) in [7, 11) is 0. The Hall–Kier alpha value is -1.92. The molecule has 21 heavy (non-hydrogen) atoms. The molecule has 0 N–H and O–H groups in total. The lowest BCUT2D eigenvalue weighted by Crippen LogP contribution is -1.93. The van der Waals surface area contributed by atoms with Gasteiger partial charge in [0.1, 0.15) is 0 Å². The van der Waals surface area contributed by atoms with Crippen LogP contribution in [0.2, 0.25) is 0 Å². The van der Waals surface area contributed by atoms with Crippen molar-refractivity contribution in [2.45, 2.75) is 11.6 Å². The third kappa shape index (κ3) is 2.41. The van der Waals surface area contributed by atoms with Gasteiger partial charge in [0.25, 0.3) is 0 Å². The maximum atomic E-state index is 4.35. The van der Waals surface area contributed by atoms with Crippen molar-refractivity contribution >= 4 is 38.3 Å². The van der Waals surface area contributed by atoms with Crippen molar-refractivity contribution in [1.82, 2.24) is 19.6 Å². The third-order valence-electron chi connectivity index (χ3n) is 3.23. The number of aryl methyl sites for hydroxylation is 1. The second-order valence-corrected chi connectivity index (χ2v) is 6.66. The molecule has 0 aliphatic carbocycles. The predicted molar refractivity (Wildman–Crippen MR) is 87.0 cm³/mol. The van der Waals surface area contributed by atoms with Crippen molar-refractivity contribution in [3.05, 3.63) is 54.4 Å². The SMILES string of the molecule is c1ccc(CCSc2nnc3sc4ccccc4n23)nc1. The quantitative estimate of drug-likeness (QED) is 0.539. The minimum absolute atomic E-state index is 0.933. The van der Waals surface area contributed by atoms with E-state index in [1.54, 1.807) is 23.1 Å². The standard InChI is InChI=1S/C15H12N4S2/c1-2-7-13-12(6-1)19-14(17-18-15(19)21-13)20-10-8-11-5-3-4-9-16-11/h1-7,9H,8,10H2. The molecule has 4 nitrogen and oxygen atoms in total. The largest absolute Gasteiger partial charge is 0.261 e. The zero-order valence-electron chi connectivity index (χ0n) is 11.1. The van der Waals surface area contributed by atoms with Gasteiger partial charge in [0, 0.05) is 17.6 Å². The predicted octanol–water partition coefficient (Wildman–Crippen LogP) is 3.67. The fourth-order valence-electron chi connectivity index (χ4n) is 2.24. The molecule has 6 heteroatoms. The average Bonchev–Trinajstić information content (AvgIpc) is 3.08. The number of benzene rings is 1. The van der Waals surface area contributed by atoms with Gasteiger partial charge in [-0.3, -0.25) is 9.38 Å². The number of thioether (sulfide) groups is 1. The summed E-state index contributed by atoms with van der Waals surface area (Å²) in [5, 5.41) is 9.54. The molecule has 0 amide bonds. The van der Waals surface area contributed by atoms with E-state index in [0.717, 1.165) is 28.0 Å². The molecule has 0 radical (unpaired) electrons. The molecular weight excluding hydrogens is 300 g/mol. The summed E-state index contributed by atoms with van der Waals surface area (Å²) in [6, 6.07) is 14.4. The zero-order valence-corrected chi connectivity index (χ0v) is 12.8. The van der Waals surface area contributed by atoms with E-state index in [2.05, 4.69) is 49.9 Å². The van der Waals surface area contributed by atoms with Gasteiger partial charge in [-0.2, -0.15) is 0 Å². The molecule has 0 saturated carbocycles. The summed E-state index contributed by atoms with van der Waals surface area (Å²) in [5.41, 5.74) is 2.30. The van der Waals surface area contributed by atoms with Gasteiger partial charge in [-0.05, 0) is 30.7 Å². The molecular formula is C15H12N4S2. The highest BCUT2D eigenvalue weighted by atomic mass is 32.2. The number of fused-ring (bicyclic) bond motifs is 3. The van der Waals surface area contributed by atoms with E-state index < -0.39 is 0 Å². The molecule has 0 saturated heterocycles. The molecule has 3 aromatic heterocycles. The van der Waals surface area contributed by atoms with Gasteiger partial charge >= 0.3 is 0 Å². The number of pyridine rings is 1. The fraction of sp³-hybridized carbons (Fsp3) is 0.133. The van der Waals surface area contributed by atoms with E-state index >= 15 is 0 Å². The number of hydrogen-bond donors (Lipinski definition) is 0. The molecule has 1 aromatic carbocycles. The average molecular weight is 312 g/mol. The van der Waals surface area contributed by atoms with Crippen LogP contribution in [-0.2, 0) is 6.42 Å². The lowest BCUT2D eigenvalue weighted by molar-refractivity contribution is 0.936. The van der Waals surface area contributed by atoms with Crippen LogP contribution in [0.3, 0.4) is 0 Å². The Bertz CT molecular complexity index is 882. The molecule has 4 aromatic rings. The van der Waals surface area contributed by atoms with Crippen molar-refractivity contribution in [1.29, 1.82) is 0 Å². The third-order valence-corrected chi connectivity index (χ3v) is 5.17. The van der Waals surface area contributed by atoms with Gasteiger partial charge in [-0.15, -0.1) is 10.2 Å². The first-order valence-corrected chi connectivity index (χ1v) is 8.47. The van der Waals surface area contributed by atoms with Crippen LogP contribution in [0.15, 0.2) is 53.8 Å². The topological polar surface area (TPSA) is 43.1 Å². The number of aromatic nitrogens is 4. The van der Waals surface area contributed by atoms with E-state index in [1.807, 2.05) is 18.3 Å². The van der Waals surface area contributed by atoms with Crippen molar-refractivity contribution in [2.24, 2.45) is 0 Å². The summed E-state index contributed by atoms with van der Waals surface area (Å²) >= 11 is 3.40. The Morgan fingerprint density at radius 1 is 1.05 bits per heavy atom. The molecule has 3 heterocycles. The minimum atomic E-state index is 0.933. The number of para-hydroxylation sites is 1. The number of thiazole rings is 1. The second-order valence-electron chi connectivity index (χ2n) is 4.59. The van der Waals surface area contributed by atoms with Crippen LogP contribution in [0.4, 0.5) is 0 Å². The highest BCUT2D eigenvalue weighted by Gasteiger charge is 2.12. The first-order valence-electron chi connectivity index (χ1n) is 6.67. The summed E-state index contributed by atoms with van der Waals surface area (Å²) in [4.78, 5) is 5.30. The van der Waals surface area contributed by atoms with Gasteiger partial charge in [0.2, 0.25) is 4.96 Å². The Morgan fingerprint density at radius 3 is 2.86 bits per heavy atom. The van der Waals surface area contributed by atoms with Gasteiger partial charge < -0.3 is 0 Å². The van der Waals surface area contributed by atoms with Crippen molar-refractivity contribution in [2.75, 3.05) is 5.75 Å². The van der Waals surface area contributed by atoms with Crippen LogP contribution < -0.4 is 0 Å². The van der Waals surface area contributed by atoms with Crippen molar-refractivity contribution in [3.8, 4) is 0 Å². The zero-order chi connectivity index (χ0) is 14.1. The molecule has 0 unspecified atom stereocenters. The van der Waals surface area contributed by atoms with Gasteiger partial charge in [0.15, 0.2) is 5.16 Å². The smallest absolute Gasteiger partial charge is 0.217 e. The van der Waals surface area contributed by atoms with Crippen LogP contribution in [0, 0.1) is 0 Å². The monoisotopic (exact) mass is 312 g/mol. The summed E-state index contributed by atoms with van der Waals surface area (Å²) in [6.45, 7) is 0. The van der Waals surface area contributed by atoms with Gasteiger partial charge in [-0.1, -0.05) is 41.3 Å². The molecule has 0 bridgehead atoms. The summed E-state index contributed by atoms with van der Waals surface area (Å²) in [5.74, 6) is 0.946. The second kappa shape index (κ2) is 5.46. The first kappa shape index (κ1) is 12.8.